The van der Waals surface area contributed by atoms with Crippen molar-refractivity contribution in [3.05, 3.63) is 59.7 Å². The van der Waals surface area contributed by atoms with Gasteiger partial charge in [0.05, 0.1) is 12.6 Å². The molecule has 2 saturated heterocycles. The van der Waals surface area contributed by atoms with Crippen molar-refractivity contribution >= 4 is 11.7 Å². The molecule has 2 heterocycles. The third-order valence-corrected chi connectivity index (χ3v) is 6.01. The number of hydrogen-bond donors (Lipinski definition) is 0. The van der Waals surface area contributed by atoms with Gasteiger partial charge in [0, 0.05) is 30.4 Å². The summed E-state index contributed by atoms with van der Waals surface area (Å²) in [7, 11) is 0. The van der Waals surface area contributed by atoms with Gasteiger partial charge in [-0.15, -0.1) is 0 Å². The van der Waals surface area contributed by atoms with Gasteiger partial charge in [-0.25, -0.2) is 13.6 Å². The van der Waals surface area contributed by atoms with E-state index in [-0.39, 0.29) is 31.0 Å². The molecule has 0 aliphatic carbocycles. The maximum atomic E-state index is 14.4. The third kappa shape index (κ3) is 4.26. The van der Waals surface area contributed by atoms with Crippen LogP contribution < -0.4 is 9.64 Å². The second kappa shape index (κ2) is 8.33. The van der Waals surface area contributed by atoms with Crippen LogP contribution in [0.2, 0.25) is 0 Å². The fourth-order valence-corrected chi connectivity index (χ4v) is 3.91. The molecule has 0 N–H and O–H groups in total. The van der Waals surface area contributed by atoms with Gasteiger partial charge < -0.3 is 14.4 Å². The first-order valence-corrected chi connectivity index (χ1v) is 10.2. The van der Waals surface area contributed by atoms with E-state index in [4.69, 9.17) is 4.74 Å². The van der Waals surface area contributed by atoms with Crippen LogP contribution in [0, 0.1) is 11.6 Å². The molecule has 12 heteroatoms. The van der Waals surface area contributed by atoms with Crippen molar-refractivity contribution in [3.8, 4) is 5.75 Å². The number of carbonyl (C=O) groups excluding carboxylic acids is 1. The average molecular weight is 492 g/mol. The van der Waals surface area contributed by atoms with E-state index in [1.54, 1.807) is 6.92 Å². The molecule has 0 radical (unpaired) electrons. The number of epoxide rings is 1. The monoisotopic (exact) mass is 492 g/mol. The van der Waals surface area contributed by atoms with Gasteiger partial charge in [-0.05, 0) is 37.3 Å². The van der Waals surface area contributed by atoms with Crippen LogP contribution in [0.15, 0.2) is 42.5 Å². The predicted molar refractivity (Wildman–Crippen MR) is 106 cm³/mol. The van der Waals surface area contributed by atoms with E-state index >= 15 is 0 Å². The molecule has 0 unspecified atom stereocenters. The summed E-state index contributed by atoms with van der Waals surface area (Å²) < 4.78 is 101. The Hall–Kier alpha value is -3.02. The highest BCUT2D eigenvalue weighted by Crippen LogP contribution is 2.46. The summed E-state index contributed by atoms with van der Waals surface area (Å²) in [5.74, 6) is -6.73. The van der Waals surface area contributed by atoms with Gasteiger partial charge in [-0.2, -0.15) is 22.0 Å². The molecule has 5 nitrogen and oxygen atoms in total. The first-order valence-electron chi connectivity index (χ1n) is 10.2. The van der Waals surface area contributed by atoms with E-state index in [0.29, 0.717) is 5.69 Å². The van der Waals surface area contributed by atoms with Gasteiger partial charge in [-0.1, -0.05) is 6.07 Å². The van der Waals surface area contributed by atoms with Crippen molar-refractivity contribution in [2.75, 3.05) is 31.2 Å². The number of rotatable bonds is 7. The number of alkyl halides is 5. The molecule has 2 aliphatic rings. The zero-order valence-corrected chi connectivity index (χ0v) is 17.7. The summed E-state index contributed by atoms with van der Waals surface area (Å²) in [5.41, 5.74) is -0.594. The minimum atomic E-state index is -5.73. The summed E-state index contributed by atoms with van der Waals surface area (Å²) in [6, 6.07) is 7.21. The zero-order valence-electron chi connectivity index (χ0n) is 17.7. The second-order valence-electron chi connectivity index (χ2n) is 8.09. The molecular formula is C22H19F7N2O3. The molecule has 34 heavy (non-hydrogen) atoms. The van der Waals surface area contributed by atoms with Crippen LogP contribution in [0.25, 0.3) is 0 Å². The number of nitrogens with zero attached hydrogens (tertiary/aromatic N) is 2. The van der Waals surface area contributed by atoms with E-state index in [1.165, 1.54) is 40.1 Å². The fraction of sp³-hybridized carbons (Fsp3) is 0.409. The SMILES string of the molecule is C[C@@H](N1CCN(c2ccc(OCC(F)(F)C(F)(F)F)cc2)C1=O)[C@@]1(c2ccc(F)cc2F)CO1. The van der Waals surface area contributed by atoms with Crippen LogP contribution >= 0.6 is 0 Å². The van der Waals surface area contributed by atoms with Gasteiger partial charge in [0.25, 0.3) is 0 Å². The molecule has 184 valence electrons. The van der Waals surface area contributed by atoms with Crippen molar-refractivity contribution in [1.29, 1.82) is 0 Å². The molecule has 2 aromatic carbocycles. The molecule has 2 aromatic rings. The van der Waals surface area contributed by atoms with Crippen molar-refractivity contribution in [2.45, 2.75) is 30.7 Å². The third-order valence-electron chi connectivity index (χ3n) is 6.01. The van der Waals surface area contributed by atoms with E-state index < -0.39 is 48.0 Å². The lowest BCUT2D eigenvalue weighted by atomic mass is 9.91. The summed E-state index contributed by atoms with van der Waals surface area (Å²) in [4.78, 5) is 15.9. The molecule has 2 fully saturated rings. The van der Waals surface area contributed by atoms with E-state index in [2.05, 4.69) is 4.74 Å². The minimum absolute atomic E-state index is 0.143. The number of amides is 2. The molecule has 2 aliphatic heterocycles. The topological polar surface area (TPSA) is 45.3 Å². The number of halogens is 7. The lowest BCUT2D eigenvalue weighted by Gasteiger charge is -2.30. The van der Waals surface area contributed by atoms with Crippen LogP contribution in [0.1, 0.15) is 12.5 Å². The van der Waals surface area contributed by atoms with E-state index in [0.717, 1.165) is 12.1 Å². The predicted octanol–water partition coefficient (Wildman–Crippen LogP) is 5.10. The van der Waals surface area contributed by atoms with Gasteiger partial charge in [0.1, 0.15) is 23.0 Å². The second-order valence-corrected chi connectivity index (χ2v) is 8.09. The maximum absolute atomic E-state index is 14.4. The molecule has 4 rings (SSSR count). The Morgan fingerprint density at radius 2 is 1.71 bits per heavy atom. The first-order chi connectivity index (χ1) is 15.9. The molecule has 2 atom stereocenters. The van der Waals surface area contributed by atoms with E-state index in [9.17, 15) is 35.5 Å². The highest BCUT2D eigenvalue weighted by atomic mass is 19.4. The van der Waals surface area contributed by atoms with Gasteiger partial charge >= 0.3 is 18.1 Å². The fourth-order valence-electron chi connectivity index (χ4n) is 3.91. The number of hydrogen-bond acceptors (Lipinski definition) is 3. The summed E-state index contributed by atoms with van der Waals surface area (Å²) in [6.45, 7) is 0.483. The van der Waals surface area contributed by atoms with Crippen molar-refractivity contribution in [1.82, 2.24) is 4.90 Å². The Balaban J connectivity index is 1.43. The van der Waals surface area contributed by atoms with Gasteiger partial charge in [0.15, 0.2) is 6.61 Å². The van der Waals surface area contributed by atoms with Crippen molar-refractivity contribution < 1.29 is 45.0 Å². The summed E-state index contributed by atoms with van der Waals surface area (Å²) in [6.07, 6.45) is -5.73. The minimum Gasteiger partial charge on any atom is -0.487 e. The number of urea groups is 1. The van der Waals surface area contributed by atoms with Gasteiger partial charge in [0.2, 0.25) is 0 Å². The number of carbonyl (C=O) groups is 1. The number of benzene rings is 2. The Kier molecular flexibility index (Phi) is 5.91. The normalized spacial score (nSPS) is 21.7. The summed E-state index contributed by atoms with van der Waals surface area (Å²) >= 11 is 0. The molecule has 0 bridgehead atoms. The Bertz CT molecular complexity index is 1070. The number of anilines is 1. The average Bonchev–Trinajstić information content (AvgIpc) is 3.47. The van der Waals surface area contributed by atoms with Crippen molar-refractivity contribution in [3.63, 3.8) is 0 Å². The molecule has 0 saturated carbocycles. The highest BCUT2D eigenvalue weighted by molar-refractivity contribution is 5.94. The molecular weight excluding hydrogens is 473 g/mol. The van der Waals surface area contributed by atoms with Crippen LogP contribution in [0.5, 0.6) is 5.75 Å². The standard InChI is InChI=1S/C22H19F7N2O3/c1-13(20(11-34-20)17-7-2-14(23)10-18(17)24)30-8-9-31(19(30)32)15-3-5-16(6-4-15)33-12-21(25,26)22(27,28)29/h2-7,10,13H,8-9,11-12H2,1H3/t13-,20-/m1/s1. The van der Waals surface area contributed by atoms with E-state index in [1.807, 2.05) is 0 Å². The maximum Gasteiger partial charge on any atom is 0.456 e. The first kappa shape index (κ1) is 24.1. The van der Waals surface area contributed by atoms with Crippen LogP contribution in [-0.4, -0.2) is 55.4 Å². The Morgan fingerprint density at radius 1 is 1.06 bits per heavy atom. The summed E-state index contributed by atoms with van der Waals surface area (Å²) in [5, 5.41) is 0. The smallest absolute Gasteiger partial charge is 0.456 e. The molecule has 0 spiro atoms. The lowest BCUT2D eigenvalue weighted by Crippen LogP contribution is -2.45. The van der Waals surface area contributed by atoms with Crippen molar-refractivity contribution in [2.24, 2.45) is 0 Å². The van der Waals surface area contributed by atoms with Crippen LogP contribution in [-0.2, 0) is 10.3 Å². The Morgan fingerprint density at radius 3 is 2.26 bits per heavy atom. The quantitative estimate of drug-likeness (QED) is 0.399. The molecule has 0 aromatic heterocycles. The Labute approximate surface area is 189 Å². The van der Waals surface area contributed by atoms with Crippen LogP contribution in [0.4, 0.5) is 41.2 Å². The van der Waals surface area contributed by atoms with Crippen LogP contribution in [0.3, 0.4) is 0 Å². The highest BCUT2D eigenvalue weighted by Gasteiger charge is 2.58. The van der Waals surface area contributed by atoms with Gasteiger partial charge in [-0.3, -0.25) is 4.90 Å². The molecule has 2 amide bonds. The lowest BCUT2D eigenvalue weighted by molar-refractivity contribution is -0.290. The zero-order chi connectivity index (χ0) is 24.9. The largest absolute Gasteiger partial charge is 0.487 e. The number of ether oxygens (including phenoxy) is 2.